The standard InChI is InChI=1S/C15H23N5O/c1-10(21)20-7-5-13-12(9-20)15(16-2)19-14(18-13)11-4-3-6-17-8-11/h11,17H,3-9H2,1-2H3,(H,16,18,19). The van der Waals surface area contributed by atoms with Gasteiger partial charge >= 0.3 is 0 Å². The predicted molar refractivity (Wildman–Crippen MR) is 81.2 cm³/mol. The first-order chi connectivity index (χ1) is 10.2. The predicted octanol–water partition coefficient (Wildman–Crippen LogP) is 0.890. The van der Waals surface area contributed by atoms with Crippen molar-refractivity contribution < 1.29 is 4.79 Å². The maximum absolute atomic E-state index is 11.6. The summed E-state index contributed by atoms with van der Waals surface area (Å²) in [6.45, 7) is 5.04. The molecule has 1 saturated heterocycles. The quantitative estimate of drug-likeness (QED) is 0.846. The van der Waals surface area contributed by atoms with Crippen LogP contribution < -0.4 is 10.6 Å². The van der Waals surface area contributed by atoms with Gasteiger partial charge in [-0.3, -0.25) is 4.79 Å². The van der Waals surface area contributed by atoms with Crippen molar-refractivity contribution in [1.82, 2.24) is 20.2 Å². The van der Waals surface area contributed by atoms with Crippen LogP contribution in [0.4, 0.5) is 5.82 Å². The maximum atomic E-state index is 11.6. The van der Waals surface area contributed by atoms with E-state index < -0.39 is 0 Å². The second-order valence-electron chi connectivity index (χ2n) is 5.84. The summed E-state index contributed by atoms with van der Waals surface area (Å²) >= 11 is 0. The van der Waals surface area contributed by atoms with Crippen LogP contribution in [0.1, 0.15) is 42.8 Å². The molecule has 0 spiro atoms. The molecule has 21 heavy (non-hydrogen) atoms. The number of aromatic nitrogens is 2. The van der Waals surface area contributed by atoms with Crippen molar-refractivity contribution in [3.63, 3.8) is 0 Å². The Kier molecular flexibility index (Phi) is 4.05. The third-order valence-electron chi connectivity index (χ3n) is 4.42. The number of hydrogen-bond acceptors (Lipinski definition) is 5. The lowest BCUT2D eigenvalue weighted by Gasteiger charge is -2.30. The van der Waals surface area contributed by atoms with Crippen molar-refractivity contribution in [1.29, 1.82) is 0 Å². The molecule has 1 aromatic rings. The van der Waals surface area contributed by atoms with Gasteiger partial charge in [-0.1, -0.05) is 0 Å². The third-order valence-corrected chi connectivity index (χ3v) is 4.42. The molecule has 0 saturated carbocycles. The van der Waals surface area contributed by atoms with Gasteiger partial charge in [0.05, 0.1) is 12.2 Å². The molecule has 6 nitrogen and oxygen atoms in total. The Morgan fingerprint density at radius 3 is 2.95 bits per heavy atom. The summed E-state index contributed by atoms with van der Waals surface area (Å²) in [5.74, 6) is 2.35. The lowest BCUT2D eigenvalue weighted by Crippen LogP contribution is -2.36. The normalized spacial score (nSPS) is 21.8. The first-order valence-electron chi connectivity index (χ1n) is 7.72. The van der Waals surface area contributed by atoms with Gasteiger partial charge in [0.2, 0.25) is 5.91 Å². The molecule has 0 bridgehead atoms. The zero-order chi connectivity index (χ0) is 14.8. The van der Waals surface area contributed by atoms with Gasteiger partial charge in [0.15, 0.2) is 0 Å². The maximum Gasteiger partial charge on any atom is 0.219 e. The highest BCUT2D eigenvalue weighted by Crippen LogP contribution is 2.28. The van der Waals surface area contributed by atoms with Gasteiger partial charge in [-0.15, -0.1) is 0 Å². The Hall–Kier alpha value is -1.69. The number of hydrogen-bond donors (Lipinski definition) is 2. The summed E-state index contributed by atoms with van der Waals surface area (Å²) in [5, 5.41) is 6.60. The Morgan fingerprint density at radius 1 is 1.43 bits per heavy atom. The molecule has 1 amide bonds. The van der Waals surface area contributed by atoms with E-state index in [0.29, 0.717) is 12.5 Å². The van der Waals surface area contributed by atoms with E-state index in [1.165, 1.54) is 6.42 Å². The van der Waals surface area contributed by atoms with Crippen LogP contribution >= 0.6 is 0 Å². The summed E-state index contributed by atoms with van der Waals surface area (Å²) in [4.78, 5) is 23.0. The van der Waals surface area contributed by atoms with E-state index in [9.17, 15) is 4.79 Å². The van der Waals surface area contributed by atoms with Gasteiger partial charge in [0.25, 0.3) is 0 Å². The molecule has 2 aliphatic heterocycles. The van der Waals surface area contributed by atoms with E-state index in [2.05, 4.69) is 10.6 Å². The molecule has 1 unspecified atom stereocenters. The fourth-order valence-corrected chi connectivity index (χ4v) is 3.16. The minimum Gasteiger partial charge on any atom is -0.373 e. The van der Waals surface area contributed by atoms with E-state index in [4.69, 9.17) is 9.97 Å². The van der Waals surface area contributed by atoms with E-state index in [1.54, 1.807) is 6.92 Å². The van der Waals surface area contributed by atoms with Crippen LogP contribution in [0.2, 0.25) is 0 Å². The van der Waals surface area contributed by atoms with Crippen molar-refractivity contribution in [2.45, 2.75) is 38.6 Å². The Labute approximate surface area is 125 Å². The molecular weight excluding hydrogens is 266 g/mol. The van der Waals surface area contributed by atoms with Gasteiger partial charge in [0.1, 0.15) is 11.6 Å². The van der Waals surface area contributed by atoms with Gasteiger partial charge in [-0.25, -0.2) is 9.97 Å². The number of piperidine rings is 1. The zero-order valence-corrected chi connectivity index (χ0v) is 12.8. The van der Waals surface area contributed by atoms with Gasteiger partial charge in [0, 0.05) is 45.0 Å². The van der Waals surface area contributed by atoms with Crippen LogP contribution in [0.25, 0.3) is 0 Å². The van der Waals surface area contributed by atoms with E-state index in [-0.39, 0.29) is 5.91 Å². The van der Waals surface area contributed by atoms with Crippen molar-refractivity contribution in [3.8, 4) is 0 Å². The number of fused-ring (bicyclic) bond motifs is 1. The lowest BCUT2D eigenvalue weighted by atomic mass is 9.97. The number of carbonyl (C=O) groups excluding carboxylic acids is 1. The van der Waals surface area contributed by atoms with Crippen molar-refractivity contribution >= 4 is 11.7 Å². The average Bonchev–Trinajstić information content (AvgIpc) is 2.54. The fourth-order valence-electron chi connectivity index (χ4n) is 3.16. The highest BCUT2D eigenvalue weighted by Gasteiger charge is 2.26. The van der Waals surface area contributed by atoms with Crippen molar-refractivity contribution in [2.75, 3.05) is 32.0 Å². The van der Waals surface area contributed by atoms with Crippen LogP contribution in [-0.2, 0) is 17.8 Å². The van der Waals surface area contributed by atoms with E-state index >= 15 is 0 Å². The first kappa shape index (κ1) is 14.3. The topological polar surface area (TPSA) is 70.2 Å². The van der Waals surface area contributed by atoms with Gasteiger partial charge in [-0.05, 0) is 19.4 Å². The highest BCUT2D eigenvalue weighted by atomic mass is 16.2. The first-order valence-corrected chi connectivity index (χ1v) is 7.72. The van der Waals surface area contributed by atoms with Crippen LogP contribution in [0, 0.1) is 0 Å². The van der Waals surface area contributed by atoms with Crippen LogP contribution in [-0.4, -0.2) is 47.5 Å². The average molecular weight is 289 g/mol. The minimum atomic E-state index is 0.114. The monoisotopic (exact) mass is 289 g/mol. The number of amides is 1. The molecule has 114 valence electrons. The molecule has 3 rings (SSSR count). The number of carbonyl (C=O) groups is 1. The molecule has 0 radical (unpaired) electrons. The largest absolute Gasteiger partial charge is 0.373 e. The second kappa shape index (κ2) is 5.97. The summed E-state index contributed by atoms with van der Waals surface area (Å²) in [6.07, 6.45) is 3.14. The molecule has 1 aromatic heterocycles. The van der Waals surface area contributed by atoms with Gasteiger partial charge < -0.3 is 15.5 Å². The SMILES string of the molecule is CNc1nc(C2CCCNC2)nc2c1CN(C(C)=O)CC2. The summed E-state index contributed by atoms with van der Waals surface area (Å²) in [7, 11) is 1.89. The smallest absolute Gasteiger partial charge is 0.219 e. The fraction of sp³-hybridized carbons (Fsp3) is 0.667. The third kappa shape index (κ3) is 2.85. The highest BCUT2D eigenvalue weighted by molar-refractivity contribution is 5.74. The van der Waals surface area contributed by atoms with Crippen LogP contribution in [0.5, 0.6) is 0 Å². The molecule has 1 atom stereocenters. The van der Waals surface area contributed by atoms with Crippen LogP contribution in [0.3, 0.4) is 0 Å². The summed E-state index contributed by atoms with van der Waals surface area (Å²) in [6, 6.07) is 0. The molecule has 3 heterocycles. The number of anilines is 1. The molecule has 6 heteroatoms. The molecule has 2 N–H and O–H groups in total. The number of nitrogens with zero attached hydrogens (tertiary/aromatic N) is 3. The Balaban J connectivity index is 1.91. The van der Waals surface area contributed by atoms with Gasteiger partial charge in [-0.2, -0.15) is 0 Å². The number of rotatable bonds is 2. The van der Waals surface area contributed by atoms with Crippen molar-refractivity contribution in [3.05, 3.63) is 17.1 Å². The molecule has 0 aliphatic carbocycles. The Bertz CT molecular complexity index is 522. The molecule has 0 aromatic carbocycles. The molecule has 1 fully saturated rings. The second-order valence-corrected chi connectivity index (χ2v) is 5.84. The number of nitrogens with one attached hydrogen (secondary N) is 2. The molecular formula is C15H23N5O. The summed E-state index contributed by atoms with van der Waals surface area (Å²) in [5.41, 5.74) is 2.18. The zero-order valence-electron chi connectivity index (χ0n) is 12.8. The summed E-state index contributed by atoms with van der Waals surface area (Å²) < 4.78 is 0. The Morgan fingerprint density at radius 2 is 2.29 bits per heavy atom. The van der Waals surface area contributed by atoms with E-state index in [0.717, 1.165) is 55.4 Å². The van der Waals surface area contributed by atoms with E-state index in [1.807, 2.05) is 11.9 Å². The molecule has 2 aliphatic rings. The van der Waals surface area contributed by atoms with Crippen LogP contribution in [0.15, 0.2) is 0 Å². The van der Waals surface area contributed by atoms with Crippen molar-refractivity contribution in [2.24, 2.45) is 0 Å². The minimum absolute atomic E-state index is 0.114. The lowest BCUT2D eigenvalue weighted by molar-refractivity contribution is -0.129.